The molecule has 0 bridgehead atoms. The van der Waals surface area contributed by atoms with Gasteiger partial charge in [0.2, 0.25) is 0 Å². The summed E-state index contributed by atoms with van der Waals surface area (Å²) in [6.45, 7) is 15.0. The van der Waals surface area contributed by atoms with Gasteiger partial charge < -0.3 is 40.2 Å². The monoisotopic (exact) mass is 1100 g/mol. The van der Waals surface area contributed by atoms with Crippen LogP contribution in [-0.2, 0) is 28.0 Å². The van der Waals surface area contributed by atoms with E-state index in [1.54, 1.807) is 12.1 Å². The van der Waals surface area contributed by atoms with Crippen LogP contribution < -0.4 is 30.7 Å². The van der Waals surface area contributed by atoms with Crippen LogP contribution >= 0.6 is 11.6 Å². The molecule has 4 N–H and O–H groups in total. The van der Waals surface area contributed by atoms with E-state index in [0.717, 1.165) is 149 Å². The predicted molar refractivity (Wildman–Crippen MR) is 327 cm³/mol. The van der Waals surface area contributed by atoms with Gasteiger partial charge in [-0.3, -0.25) is 19.8 Å². The highest BCUT2D eigenvalue weighted by molar-refractivity contribution is 6.32. The van der Waals surface area contributed by atoms with Crippen LogP contribution in [0.5, 0.6) is 11.5 Å². The Hall–Kier alpha value is -8.37. The van der Waals surface area contributed by atoms with Crippen molar-refractivity contribution in [2.24, 2.45) is 0 Å². The maximum absolute atomic E-state index is 13.5. The molecule has 2 aliphatic heterocycles. The van der Waals surface area contributed by atoms with Crippen molar-refractivity contribution >= 4 is 68.0 Å². The van der Waals surface area contributed by atoms with Gasteiger partial charge in [0.15, 0.2) is 0 Å². The van der Waals surface area contributed by atoms with E-state index in [9.17, 15) is 9.59 Å². The fourth-order valence-electron chi connectivity index (χ4n) is 10.1. The summed E-state index contributed by atoms with van der Waals surface area (Å²) >= 11 is 6.25. The Labute approximate surface area is 478 Å². The van der Waals surface area contributed by atoms with Crippen LogP contribution in [0, 0.1) is 0 Å². The number of carbonyl (C=O) groups is 2. The van der Waals surface area contributed by atoms with Crippen LogP contribution in [0.3, 0.4) is 0 Å². The maximum Gasteiger partial charge on any atom is 0.323 e. The summed E-state index contributed by atoms with van der Waals surface area (Å²) in [6, 6.07) is 51.5. The number of methoxy groups -OCH3 is 2. The minimum Gasteiger partial charge on any atom is -0.495 e. The summed E-state index contributed by atoms with van der Waals surface area (Å²) in [4.78, 5) is 40.6. The molecule has 11 rings (SSSR count). The molecular formula is C66H67ClN8O6. The number of morpholine rings is 2. The highest BCUT2D eigenvalue weighted by Crippen LogP contribution is 2.39. The second kappa shape index (κ2) is 25.8. The molecule has 7 aromatic carbocycles. The molecule has 0 unspecified atom stereocenters. The van der Waals surface area contributed by atoms with Crippen molar-refractivity contribution in [3.05, 3.63) is 192 Å². The van der Waals surface area contributed by atoms with E-state index in [1.807, 2.05) is 91.3 Å². The standard InChI is InChI=1S/C37H38N4O2.C29H29ClN4O4/c1-37(2,3)28-14-16-31(26-9-5-4-6-10-26)35(23-28)40-36(42)39-34-18-17-30(32-11-7-8-12-33(32)34)27-13-15-29(38-24-27)25-41-19-21-43-22-20-41;1-36-27-16-28(37-2)26(15-24(27)30)33-29(35)32-25-10-9-21(22-5-3-4-6-23(22)25)19-7-8-20(31-17-19)18-34-11-13-38-14-12-34/h4-18,23-24H,19-22,25H2,1-3H3,(H2,39,40,42);3-10,15-17H,11-14,18H2,1-2H3,(H2,32,33,35). The van der Waals surface area contributed by atoms with E-state index in [4.69, 9.17) is 40.5 Å². The number of hydrogen-bond acceptors (Lipinski definition) is 10. The molecule has 414 valence electrons. The number of amides is 4. The van der Waals surface area contributed by atoms with Crippen LogP contribution in [0.1, 0.15) is 37.7 Å². The van der Waals surface area contributed by atoms with E-state index in [1.165, 1.54) is 14.2 Å². The Morgan fingerprint density at radius 1 is 0.494 bits per heavy atom. The normalized spacial score (nSPS) is 13.9. The van der Waals surface area contributed by atoms with E-state index in [-0.39, 0.29) is 11.4 Å². The average molecular weight is 1100 g/mol. The molecule has 4 amide bonds. The zero-order valence-corrected chi connectivity index (χ0v) is 47.1. The number of fused-ring (bicyclic) bond motifs is 2. The number of aromatic nitrogens is 2. The third kappa shape index (κ3) is 13.8. The molecule has 0 atom stereocenters. The second-order valence-electron chi connectivity index (χ2n) is 21.0. The first-order chi connectivity index (χ1) is 39.4. The molecule has 0 spiro atoms. The molecule has 0 radical (unpaired) electrons. The summed E-state index contributed by atoms with van der Waals surface area (Å²) in [5.41, 5.74) is 12.0. The zero-order valence-electron chi connectivity index (χ0n) is 46.4. The first-order valence-corrected chi connectivity index (χ1v) is 27.6. The highest BCUT2D eigenvalue weighted by atomic mass is 35.5. The second-order valence-corrected chi connectivity index (χ2v) is 21.4. The third-order valence-electron chi connectivity index (χ3n) is 14.5. The first-order valence-electron chi connectivity index (χ1n) is 27.2. The highest BCUT2D eigenvalue weighted by Gasteiger charge is 2.20. The molecule has 15 heteroatoms. The Bertz CT molecular complexity index is 3640. The summed E-state index contributed by atoms with van der Waals surface area (Å²) in [5.74, 6) is 0.894. The fraction of sp³-hybridized carbons (Fsp3) is 0.242. The van der Waals surface area contributed by atoms with E-state index >= 15 is 0 Å². The SMILES string of the molecule is CC(C)(C)c1ccc(-c2ccccc2)c(NC(=O)Nc2ccc(-c3ccc(CN4CCOCC4)nc3)c3ccccc23)c1.COc1cc(OC)c(NC(=O)Nc2ccc(-c3ccc(CN4CCOCC4)nc3)c3ccccc23)cc1Cl. The molecule has 2 aliphatic rings. The van der Waals surface area contributed by atoms with Gasteiger partial charge in [-0.1, -0.05) is 148 Å². The minimum atomic E-state index is -0.420. The third-order valence-corrected chi connectivity index (χ3v) is 14.8. The number of halogens is 1. The van der Waals surface area contributed by atoms with E-state index in [0.29, 0.717) is 27.9 Å². The number of pyridine rings is 2. The lowest BCUT2D eigenvalue weighted by Gasteiger charge is -2.26. The molecular weight excluding hydrogens is 1040 g/mol. The number of benzene rings is 7. The molecule has 2 aromatic heterocycles. The van der Waals surface area contributed by atoms with E-state index in [2.05, 4.69) is 119 Å². The van der Waals surface area contributed by atoms with Crippen molar-refractivity contribution in [1.82, 2.24) is 19.8 Å². The lowest BCUT2D eigenvalue weighted by molar-refractivity contribution is 0.0336. The molecule has 9 aromatic rings. The lowest BCUT2D eigenvalue weighted by Crippen LogP contribution is -2.35. The molecule has 4 heterocycles. The van der Waals surface area contributed by atoms with Gasteiger partial charge in [0, 0.05) is 85.2 Å². The molecule has 14 nitrogen and oxygen atoms in total. The van der Waals surface area contributed by atoms with Crippen molar-refractivity contribution in [2.45, 2.75) is 39.3 Å². The number of rotatable bonds is 13. The van der Waals surface area contributed by atoms with Gasteiger partial charge in [0.25, 0.3) is 0 Å². The largest absolute Gasteiger partial charge is 0.495 e. The van der Waals surface area contributed by atoms with Gasteiger partial charge >= 0.3 is 12.1 Å². The Morgan fingerprint density at radius 2 is 0.951 bits per heavy atom. The molecule has 2 fully saturated rings. The van der Waals surface area contributed by atoms with Crippen LogP contribution in [0.25, 0.3) is 54.9 Å². The number of urea groups is 2. The predicted octanol–water partition coefficient (Wildman–Crippen LogP) is 14.4. The Balaban J connectivity index is 0.000000183. The quantitative estimate of drug-likeness (QED) is 0.0878. The van der Waals surface area contributed by atoms with Gasteiger partial charge in [-0.2, -0.15) is 0 Å². The van der Waals surface area contributed by atoms with Crippen LogP contribution in [0.15, 0.2) is 170 Å². The summed E-state index contributed by atoms with van der Waals surface area (Å²) in [5, 5.41) is 16.4. The van der Waals surface area contributed by atoms with Crippen LogP contribution in [-0.4, -0.2) is 98.7 Å². The van der Waals surface area contributed by atoms with Gasteiger partial charge in [-0.15, -0.1) is 0 Å². The first kappa shape index (κ1) is 55.9. The maximum atomic E-state index is 13.5. The van der Waals surface area contributed by atoms with Gasteiger partial charge in [-0.25, -0.2) is 9.59 Å². The van der Waals surface area contributed by atoms with Crippen molar-refractivity contribution in [1.29, 1.82) is 0 Å². The minimum absolute atomic E-state index is 0.0519. The number of nitrogens with zero attached hydrogens (tertiary/aromatic N) is 4. The topological polar surface area (TPSA) is 151 Å². The smallest absolute Gasteiger partial charge is 0.323 e. The fourth-order valence-corrected chi connectivity index (χ4v) is 10.4. The Kier molecular flexibility index (Phi) is 17.8. The summed E-state index contributed by atoms with van der Waals surface area (Å²) in [6.07, 6.45) is 3.86. The number of ether oxygens (including phenoxy) is 4. The van der Waals surface area contributed by atoms with Crippen molar-refractivity contribution in [2.75, 3.05) is 88.1 Å². The van der Waals surface area contributed by atoms with Crippen molar-refractivity contribution < 1.29 is 28.5 Å². The van der Waals surface area contributed by atoms with Gasteiger partial charge in [0.1, 0.15) is 11.5 Å². The number of carbonyl (C=O) groups excluding carboxylic acids is 2. The van der Waals surface area contributed by atoms with Crippen LogP contribution in [0.2, 0.25) is 5.02 Å². The number of anilines is 4. The van der Waals surface area contributed by atoms with Gasteiger partial charge in [-0.05, 0) is 74.8 Å². The molecule has 81 heavy (non-hydrogen) atoms. The van der Waals surface area contributed by atoms with Gasteiger partial charge in [0.05, 0.1) is 79.8 Å². The zero-order chi connectivity index (χ0) is 56.3. The molecule has 2 saturated heterocycles. The van der Waals surface area contributed by atoms with Crippen molar-refractivity contribution in [3.63, 3.8) is 0 Å². The van der Waals surface area contributed by atoms with Crippen molar-refractivity contribution in [3.8, 4) is 44.9 Å². The van der Waals surface area contributed by atoms with E-state index < -0.39 is 6.03 Å². The van der Waals surface area contributed by atoms with Crippen LogP contribution in [0.4, 0.5) is 32.3 Å². The summed E-state index contributed by atoms with van der Waals surface area (Å²) < 4.78 is 21.5. The lowest BCUT2D eigenvalue weighted by atomic mass is 9.85. The Morgan fingerprint density at radius 3 is 1.42 bits per heavy atom. The molecule has 0 saturated carbocycles. The summed E-state index contributed by atoms with van der Waals surface area (Å²) in [7, 11) is 3.03. The molecule has 0 aliphatic carbocycles. The number of hydrogen-bond donors (Lipinski definition) is 4. The number of nitrogens with one attached hydrogen (secondary N) is 4. The average Bonchev–Trinajstić information content (AvgIpc) is 3.60.